The van der Waals surface area contributed by atoms with Crippen molar-refractivity contribution in [3.05, 3.63) is 45.5 Å². The van der Waals surface area contributed by atoms with E-state index in [2.05, 4.69) is 73.9 Å². The van der Waals surface area contributed by atoms with Crippen molar-refractivity contribution in [2.45, 2.75) is 72.3 Å². The van der Waals surface area contributed by atoms with E-state index < -0.39 is 12.6 Å². The van der Waals surface area contributed by atoms with Crippen LogP contribution in [0.2, 0.25) is 0 Å². The summed E-state index contributed by atoms with van der Waals surface area (Å²) in [6.45, 7) is 14.5. The van der Waals surface area contributed by atoms with E-state index in [4.69, 9.17) is 0 Å². The van der Waals surface area contributed by atoms with Gasteiger partial charge in [-0.05, 0) is 68.6 Å². The van der Waals surface area contributed by atoms with Crippen LogP contribution >= 0.6 is 11.3 Å². The number of aromatic nitrogens is 3. The van der Waals surface area contributed by atoms with Crippen LogP contribution in [0.15, 0.2) is 18.2 Å². The van der Waals surface area contributed by atoms with Crippen LogP contribution in [0, 0.1) is 25.2 Å². The summed E-state index contributed by atoms with van der Waals surface area (Å²) in [4.78, 5) is 14.7. The molecule has 1 aliphatic rings. The summed E-state index contributed by atoms with van der Waals surface area (Å²) in [5, 5.41) is 18.2. The maximum Gasteiger partial charge on any atom is 0.393 e. The maximum atomic E-state index is 13.2. The van der Waals surface area contributed by atoms with E-state index in [0.29, 0.717) is 33.2 Å². The van der Waals surface area contributed by atoms with Gasteiger partial charge in [0.25, 0.3) is 0 Å². The minimum Gasteiger partial charge on any atom is -0.367 e. The van der Waals surface area contributed by atoms with Crippen LogP contribution in [0.3, 0.4) is 0 Å². The topological polar surface area (TPSA) is 85.0 Å². The van der Waals surface area contributed by atoms with Gasteiger partial charge in [-0.15, -0.1) is 11.3 Å². The molecule has 0 saturated carbocycles. The normalized spacial score (nSPS) is 15.0. The van der Waals surface area contributed by atoms with E-state index >= 15 is 0 Å². The Morgan fingerprint density at radius 1 is 1.11 bits per heavy atom. The number of likely N-dealkylation sites (N-methyl/N-ethyl adjacent to an activating group) is 1. The number of thiophene rings is 1. The largest absolute Gasteiger partial charge is 0.393 e. The summed E-state index contributed by atoms with van der Waals surface area (Å²) >= 11 is 1.09. The molecular formula is C32H41F3N8S. The predicted octanol–water partition coefficient (Wildman–Crippen LogP) is 6.70. The number of hydrogen-bond donors (Lipinski definition) is 2. The average Bonchev–Trinajstić information content (AvgIpc) is 3.51. The Hall–Kier alpha value is -3.40. The van der Waals surface area contributed by atoms with Gasteiger partial charge in [-0.25, -0.2) is 4.98 Å². The van der Waals surface area contributed by atoms with E-state index in [9.17, 15) is 18.4 Å². The second-order valence-corrected chi connectivity index (χ2v) is 12.6. The van der Waals surface area contributed by atoms with Crippen molar-refractivity contribution in [2.24, 2.45) is 0 Å². The predicted molar refractivity (Wildman–Crippen MR) is 173 cm³/mol. The van der Waals surface area contributed by atoms with Crippen LogP contribution in [0.5, 0.6) is 0 Å². The molecule has 0 unspecified atom stereocenters. The molecule has 1 saturated heterocycles. The van der Waals surface area contributed by atoms with Gasteiger partial charge in [-0.1, -0.05) is 19.9 Å². The van der Waals surface area contributed by atoms with Crippen molar-refractivity contribution in [3.63, 3.8) is 0 Å². The third kappa shape index (κ3) is 6.80. The number of rotatable bonds is 11. The number of benzene rings is 1. The Bertz CT molecular complexity index is 1660. The summed E-state index contributed by atoms with van der Waals surface area (Å²) in [6.07, 6.45) is -3.46. The molecule has 1 aromatic carbocycles. The monoisotopic (exact) mass is 626 g/mol. The molecule has 0 radical (unpaired) electrons. The molecule has 0 atom stereocenters. The van der Waals surface area contributed by atoms with Crippen molar-refractivity contribution >= 4 is 44.2 Å². The Morgan fingerprint density at radius 2 is 1.84 bits per heavy atom. The van der Waals surface area contributed by atoms with Gasteiger partial charge in [-0.2, -0.15) is 23.4 Å². The maximum absolute atomic E-state index is 13.2. The SMILES string of the molecule is CCN(CC)CCn1c(C#N)cc2c(C)c(CN3CCC(Nc4nc(NC)nc5sc(CC(F)(F)F)c(C)c45)CC3)ccc21. The quantitative estimate of drug-likeness (QED) is 0.192. The van der Waals surface area contributed by atoms with E-state index in [1.54, 1.807) is 14.0 Å². The number of nitrogens with one attached hydrogen (secondary N) is 2. The van der Waals surface area contributed by atoms with E-state index in [1.807, 2.05) is 6.07 Å². The van der Waals surface area contributed by atoms with E-state index in [1.165, 1.54) is 11.1 Å². The highest BCUT2D eigenvalue weighted by atomic mass is 32.1. The van der Waals surface area contributed by atoms with Crippen LogP contribution in [0.1, 0.15) is 54.0 Å². The second kappa shape index (κ2) is 13.3. The van der Waals surface area contributed by atoms with Crippen molar-refractivity contribution in [1.82, 2.24) is 24.3 Å². The molecule has 8 nitrogen and oxygen atoms in total. The zero-order valence-corrected chi connectivity index (χ0v) is 26.9. The van der Waals surface area contributed by atoms with Gasteiger partial charge in [-0.3, -0.25) is 4.90 Å². The molecule has 12 heteroatoms. The Balaban J connectivity index is 1.27. The van der Waals surface area contributed by atoms with E-state index in [0.717, 1.165) is 80.9 Å². The number of nitriles is 1. The third-order valence-corrected chi connectivity index (χ3v) is 10.1. The van der Waals surface area contributed by atoms with Gasteiger partial charge in [0.05, 0.1) is 11.8 Å². The first-order chi connectivity index (χ1) is 21.0. The minimum atomic E-state index is -4.28. The Labute approximate surface area is 260 Å². The molecule has 3 aromatic heterocycles. The number of fused-ring (bicyclic) bond motifs is 2. The first kappa shape index (κ1) is 32.0. The molecule has 1 fully saturated rings. The smallest absolute Gasteiger partial charge is 0.367 e. The molecule has 44 heavy (non-hydrogen) atoms. The zero-order valence-electron chi connectivity index (χ0n) is 26.1. The number of alkyl halides is 3. The van der Waals surface area contributed by atoms with Crippen LogP contribution in [0.25, 0.3) is 21.1 Å². The number of nitrogens with zero attached hydrogens (tertiary/aromatic N) is 6. The molecule has 0 bridgehead atoms. The molecule has 5 rings (SSSR count). The van der Waals surface area contributed by atoms with Gasteiger partial charge in [0, 0.05) is 61.6 Å². The highest BCUT2D eigenvalue weighted by Crippen LogP contribution is 2.38. The van der Waals surface area contributed by atoms with Crippen molar-refractivity contribution in [3.8, 4) is 6.07 Å². The van der Waals surface area contributed by atoms with Crippen molar-refractivity contribution < 1.29 is 13.2 Å². The van der Waals surface area contributed by atoms with Crippen LogP contribution in [0.4, 0.5) is 24.9 Å². The summed E-state index contributed by atoms with van der Waals surface area (Å²) in [5.74, 6) is 0.990. The number of likely N-dealkylation sites (tertiary alicyclic amines) is 1. The molecule has 0 spiro atoms. The lowest BCUT2D eigenvalue weighted by molar-refractivity contribution is -0.126. The highest BCUT2D eigenvalue weighted by Gasteiger charge is 2.31. The minimum absolute atomic E-state index is 0.154. The molecule has 0 aliphatic carbocycles. The molecule has 4 aromatic rings. The lowest BCUT2D eigenvalue weighted by Gasteiger charge is -2.33. The third-order valence-electron chi connectivity index (χ3n) is 8.91. The fourth-order valence-electron chi connectivity index (χ4n) is 6.23. The zero-order chi connectivity index (χ0) is 31.6. The first-order valence-electron chi connectivity index (χ1n) is 15.3. The van der Waals surface area contributed by atoms with Gasteiger partial charge < -0.3 is 20.1 Å². The molecule has 236 valence electrons. The van der Waals surface area contributed by atoms with Crippen molar-refractivity contribution in [1.29, 1.82) is 5.26 Å². The molecule has 0 amide bonds. The first-order valence-corrected chi connectivity index (χ1v) is 16.1. The van der Waals surface area contributed by atoms with Crippen LogP contribution in [-0.4, -0.2) is 76.3 Å². The van der Waals surface area contributed by atoms with Gasteiger partial charge in [0.15, 0.2) is 0 Å². The molecular weight excluding hydrogens is 585 g/mol. The van der Waals surface area contributed by atoms with E-state index in [-0.39, 0.29) is 10.9 Å². The van der Waals surface area contributed by atoms with Gasteiger partial charge >= 0.3 is 6.18 Å². The lowest BCUT2D eigenvalue weighted by atomic mass is 10.0. The fraction of sp³-hybridized carbons (Fsp3) is 0.531. The lowest BCUT2D eigenvalue weighted by Crippen LogP contribution is -2.39. The Kier molecular flexibility index (Phi) is 9.68. The van der Waals surface area contributed by atoms with Gasteiger partial charge in [0.1, 0.15) is 22.4 Å². The van der Waals surface area contributed by atoms with Crippen molar-refractivity contribution in [2.75, 3.05) is 50.4 Å². The van der Waals surface area contributed by atoms with Gasteiger partial charge in [0.2, 0.25) is 5.95 Å². The average molecular weight is 627 g/mol. The number of anilines is 2. The number of hydrogen-bond acceptors (Lipinski definition) is 8. The van der Waals surface area contributed by atoms with Crippen LogP contribution in [-0.2, 0) is 19.5 Å². The number of piperidine rings is 1. The summed E-state index contributed by atoms with van der Waals surface area (Å²) < 4.78 is 41.8. The number of aryl methyl sites for hydroxylation is 2. The fourth-order valence-corrected chi connectivity index (χ4v) is 7.44. The molecule has 1 aliphatic heterocycles. The second-order valence-electron chi connectivity index (χ2n) is 11.6. The molecule has 2 N–H and O–H groups in total. The summed E-state index contributed by atoms with van der Waals surface area (Å²) in [7, 11) is 1.71. The van der Waals surface area contributed by atoms with Crippen LogP contribution < -0.4 is 10.6 Å². The standard InChI is InChI=1S/C32H41F3N8S/c1-6-41(7-2)14-15-43-24(18-36)16-25-20(3)22(8-9-26(25)43)19-42-12-10-23(11-13-42)38-29-28-21(4)27(17-32(33,34)35)44-30(28)40-31(37-5)39-29/h8-9,16,23H,6-7,10-15,17,19H2,1-5H3,(H2,37,38,39,40). The highest BCUT2D eigenvalue weighted by molar-refractivity contribution is 7.19. The summed E-state index contributed by atoms with van der Waals surface area (Å²) in [5.41, 5.74) is 4.88. The summed E-state index contributed by atoms with van der Waals surface area (Å²) in [6, 6.07) is 8.94. The molecule has 4 heterocycles. The Morgan fingerprint density at radius 3 is 2.48 bits per heavy atom. The number of halogens is 3.